The van der Waals surface area contributed by atoms with Crippen LogP contribution in [0.15, 0.2) is 18.2 Å². The number of halogens is 1. The predicted molar refractivity (Wildman–Crippen MR) is 81.0 cm³/mol. The zero-order valence-electron chi connectivity index (χ0n) is 11.5. The molecule has 1 aliphatic rings. The molecule has 0 radical (unpaired) electrons. The van der Waals surface area contributed by atoms with E-state index in [9.17, 15) is 4.79 Å². The van der Waals surface area contributed by atoms with Crippen molar-refractivity contribution in [1.29, 1.82) is 0 Å². The van der Waals surface area contributed by atoms with E-state index < -0.39 is 0 Å². The Hall–Kier alpha value is -1.06. The molecule has 1 aromatic rings. The van der Waals surface area contributed by atoms with Crippen molar-refractivity contribution in [2.24, 2.45) is 0 Å². The molecule has 4 heteroatoms. The van der Waals surface area contributed by atoms with E-state index in [0.29, 0.717) is 13.0 Å². The molecule has 2 rings (SSSR count). The van der Waals surface area contributed by atoms with Gasteiger partial charge in [0.15, 0.2) is 0 Å². The van der Waals surface area contributed by atoms with Crippen LogP contribution < -0.4 is 10.6 Å². The Morgan fingerprint density at radius 2 is 1.89 bits per heavy atom. The first-order chi connectivity index (χ1) is 8.79. The SMILES string of the molecule is CNCCNC(=O)Cc1ccc2c(c1)CCCC2.Cl. The van der Waals surface area contributed by atoms with Crippen LogP contribution in [0.5, 0.6) is 0 Å². The molecule has 0 aromatic heterocycles. The lowest BCUT2D eigenvalue weighted by Crippen LogP contribution is -2.31. The minimum atomic E-state index is 0. The summed E-state index contributed by atoms with van der Waals surface area (Å²) in [6.45, 7) is 1.51. The molecule has 0 bridgehead atoms. The Kier molecular flexibility index (Phi) is 6.89. The van der Waals surface area contributed by atoms with Crippen molar-refractivity contribution in [3.8, 4) is 0 Å². The number of benzene rings is 1. The summed E-state index contributed by atoms with van der Waals surface area (Å²) in [6.07, 6.45) is 5.45. The zero-order chi connectivity index (χ0) is 12.8. The van der Waals surface area contributed by atoms with Gasteiger partial charge in [0.2, 0.25) is 5.91 Å². The molecule has 2 N–H and O–H groups in total. The molecule has 0 aliphatic heterocycles. The number of hydrogen-bond acceptors (Lipinski definition) is 2. The number of hydrogen-bond donors (Lipinski definition) is 2. The van der Waals surface area contributed by atoms with Crippen LogP contribution in [0.3, 0.4) is 0 Å². The normalized spacial score (nSPS) is 13.3. The quantitative estimate of drug-likeness (QED) is 0.810. The molecule has 1 amide bonds. The van der Waals surface area contributed by atoms with Gasteiger partial charge in [-0.15, -0.1) is 12.4 Å². The van der Waals surface area contributed by atoms with E-state index in [4.69, 9.17) is 0 Å². The minimum absolute atomic E-state index is 0. The highest BCUT2D eigenvalue weighted by molar-refractivity contribution is 5.85. The summed E-state index contributed by atoms with van der Waals surface area (Å²) in [5, 5.41) is 5.92. The smallest absolute Gasteiger partial charge is 0.224 e. The topological polar surface area (TPSA) is 41.1 Å². The van der Waals surface area contributed by atoms with Gasteiger partial charge >= 0.3 is 0 Å². The van der Waals surface area contributed by atoms with Crippen molar-refractivity contribution in [1.82, 2.24) is 10.6 Å². The predicted octanol–water partition coefficient (Wildman–Crippen LogP) is 1.87. The Bertz CT molecular complexity index is 421. The monoisotopic (exact) mass is 282 g/mol. The molecule has 0 saturated heterocycles. The van der Waals surface area contributed by atoms with E-state index in [2.05, 4.69) is 28.8 Å². The number of likely N-dealkylation sites (N-methyl/N-ethyl adjacent to an activating group) is 1. The van der Waals surface area contributed by atoms with Crippen molar-refractivity contribution in [3.63, 3.8) is 0 Å². The third kappa shape index (κ3) is 4.84. The molecule has 1 aliphatic carbocycles. The molecule has 0 saturated carbocycles. The van der Waals surface area contributed by atoms with Gasteiger partial charge < -0.3 is 10.6 Å². The average Bonchev–Trinajstić information content (AvgIpc) is 2.39. The fourth-order valence-electron chi connectivity index (χ4n) is 2.47. The molecule has 106 valence electrons. The van der Waals surface area contributed by atoms with Crippen molar-refractivity contribution in [2.45, 2.75) is 32.1 Å². The maximum absolute atomic E-state index is 11.7. The first-order valence-electron chi connectivity index (χ1n) is 6.81. The highest BCUT2D eigenvalue weighted by Crippen LogP contribution is 2.22. The summed E-state index contributed by atoms with van der Waals surface area (Å²) in [5.41, 5.74) is 4.06. The molecule has 1 aromatic carbocycles. The fourth-order valence-corrected chi connectivity index (χ4v) is 2.47. The maximum atomic E-state index is 11.7. The van der Waals surface area contributed by atoms with E-state index in [1.54, 1.807) is 0 Å². The Morgan fingerprint density at radius 3 is 2.63 bits per heavy atom. The molecule has 0 spiro atoms. The van der Waals surface area contributed by atoms with Crippen LogP contribution in [0, 0.1) is 0 Å². The largest absolute Gasteiger partial charge is 0.355 e. The van der Waals surface area contributed by atoms with Gasteiger partial charge in [0.25, 0.3) is 0 Å². The molecular formula is C15H23ClN2O. The lowest BCUT2D eigenvalue weighted by atomic mass is 9.90. The first kappa shape index (κ1) is 16.0. The second-order valence-electron chi connectivity index (χ2n) is 4.94. The van der Waals surface area contributed by atoms with Crippen molar-refractivity contribution >= 4 is 18.3 Å². The lowest BCUT2D eigenvalue weighted by Gasteiger charge is -2.16. The zero-order valence-corrected chi connectivity index (χ0v) is 12.3. The number of carbonyl (C=O) groups is 1. The molecule has 0 atom stereocenters. The summed E-state index contributed by atoms with van der Waals surface area (Å²) in [6, 6.07) is 6.51. The van der Waals surface area contributed by atoms with E-state index in [1.165, 1.54) is 36.8 Å². The Morgan fingerprint density at radius 1 is 1.16 bits per heavy atom. The van der Waals surface area contributed by atoms with Crippen LogP contribution in [-0.2, 0) is 24.1 Å². The molecular weight excluding hydrogens is 260 g/mol. The van der Waals surface area contributed by atoms with Crippen LogP contribution >= 0.6 is 12.4 Å². The lowest BCUT2D eigenvalue weighted by molar-refractivity contribution is -0.120. The highest BCUT2D eigenvalue weighted by Gasteiger charge is 2.10. The number of carbonyl (C=O) groups excluding carboxylic acids is 1. The van der Waals surface area contributed by atoms with E-state index in [0.717, 1.165) is 12.1 Å². The van der Waals surface area contributed by atoms with Crippen LogP contribution in [0.25, 0.3) is 0 Å². The summed E-state index contributed by atoms with van der Waals surface area (Å²) in [5.74, 6) is 0.112. The number of rotatable bonds is 5. The van der Waals surface area contributed by atoms with E-state index >= 15 is 0 Å². The van der Waals surface area contributed by atoms with Gasteiger partial charge in [0.1, 0.15) is 0 Å². The van der Waals surface area contributed by atoms with Gasteiger partial charge in [-0.3, -0.25) is 4.79 Å². The molecule has 3 nitrogen and oxygen atoms in total. The molecule has 0 fully saturated rings. The van der Waals surface area contributed by atoms with Gasteiger partial charge in [0, 0.05) is 13.1 Å². The number of aryl methyl sites for hydroxylation is 2. The van der Waals surface area contributed by atoms with Crippen molar-refractivity contribution < 1.29 is 4.79 Å². The molecule has 0 heterocycles. The number of amides is 1. The van der Waals surface area contributed by atoms with Gasteiger partial charge in [-0.25, -0.2) is 0 Å². The summed E-state index contributed by atoms with van der Waals surface area (Å²) in [7, 11) is 1.88. The number of fused-ring (bicyclic) bond motifs is 1. The second kappa shape index (κ2) is 8.18. The minimum Gasteiger partial charge on any atom is -0.355 e. The first-order valence-corrected chi connectivity index (χ1v) is 6.81. The third-order valence-corrected chi connectivity index (χ3v) is 3.47. The van der Waals surface area contributed by atoms with Crippen LogP contribution in [0.2, 0.25) is 0 Å². The fraction of sp³-hybridized carbons (Fsp3) is 0.533. The van der Waals surface area contributed by atoms with Crippen LogP contribution in [-0.4, -0.2) is 26.0 Å². The van der Waals surface area contributed by atoms with Crippen molar-refractivity contribution in [2.75, 3.05) is 20.1 Å². The second-order valence-corrected chi connectivity index (χ2v) is 4.94. The van der Waals surface area contributed by atoms with Gasteiger partial charge in [-0.1, -0.05) is 18.2 Å². The van der Waals surface area contributed by atoms with E-state index in [1.807, 2.05) is 7.05 Å². The van der Waals surface area contributed by atoms with Gasteiger partial charge in [0.05, 0.1) is 6.42 Å². The van der Waals surface area contributed by atoms with Crippen LogP contribution in [0.1, 0.15) is 29.5 Å². The van der Waals surface area contributed by atoms with E-state index in [-0.39, 0.29) is 18.3 Å². The standard InChI is InChI=1S/C15H22N2O.ClH/c1-16-8-9-17-15(18)11-12-6-7-13-4-2-3-5-14(13)10-12;/h6-7,10,16H,2-5,8-9,11H2,1H3,(H,17,18);1H. The summed E-state index contributed by atoms with van der Waals surface area (Å²) >= 11 is 0. The summed E-state index contributed by atoms with van der Waals surface area (Å²) in [4.78, 5) is 11.7. The third-order valence-electron chi connectivity index (χ3n) is 3.47. The summed E-state index contributed by atoms with van der Waals surface area (Å²) < 4.78 is 0. The molecule has 0 unspecified atom stereocenters. The number of nitrogens with one attached hydrogen (secondary N) is 2. The maximum Gasteiger partial charge on any atom is 0.224 e. The van der Waals surface area contributed by atoms with Gasteiger partial charge in [-0.05, 0) is 49.4 Å². The Balaban J connectivity index is 0.00000180. The van der Waals surface area contributed by atoms with Gasteiger partial charge in [-0.2, -0.15) is 0 Å². The average molecular weight is 283 g/mol. The van der Waals surface area contributed by atoms with Crippen LogP contribution in [0.4, 0.5) is 0 Å². The Labute approximate surface area is 121 Å². The highest BCUT2D eigenvalue weighted by atomic mass is 35.5. The molecule has 19 heavy (non-hydrogen) atoms. The van der Waals surface area contributed by atoms with Crippen molar-refractivity contribution in [3.05, 3.63) is 34.9 Å².